The lowest BCUT2D eigenvalue weighted by Gasteiger charge is -2.37. The second-order valence-corrected chi connectivity index (χ2v) is 7.55. The lowest BCUT2D eigenvalue weighted by atomic mass is 10.2. The number of β-amino-alcohol motifs (C(OH)–C–C–N with tert-alkyl or cyclic N) is 1. The minimum absolute atomic E-state index is 0. The van der Waals surface area contributed by atoms with E-state index in [0.29, 0.717) is 24.1 Å². The molecular formula is C23H29ClN4O4. The summed E-state index contributed by atoms with van der Waals surface area (Å²) in [6.45, 7) is 6.00. The molecule has 0 saturated carbocycles. The van der Waals surface area contributed by atoms with Crippen LogP contribution in [0, 0.1) is 6.92 Å². The van der Waals surface area contributed by atoms with Crippen molar-refractivity contribution in [2.24, 2.45) is 0 Å². The average molecular weight is 461 g/mol. The van der Waals surface area contributed by atoms with Crippen molar-refractivity contribution in [3.8, 4) is 23.0 Å². The molecule has 2 aromatic carbocycles. The zero-order chi connectivity index (χ0) is 21.6. The number of halogens is 1. The van der Waals surface area contributed by atoms with Gasteiger partial charge >= 0.3 is 0 Å². The Bertz CT molecular complexity index is 991. The molecule has 32 heavy (non-hydrogen) atoms. The van der Waals surface area contributed by atoms with Gasteiger partial charge in [-0.05, 0) is 24.3 Å². The fourth-order valence-electron chi connectivity index (χ4n) is 3.77. The maximum Gasteiger partial charge on any atom is 0.251 e. The average Bonchev–Trinajstić information content (AvgIpc) is 3.24. The highest BCUT2D eigenvalue weighted by Gasteiger charge is 2.22. The van der Waals surface area contributed by atoms with Gasteiger partial charge in [0.05, 0.1) is 18.4 Å². The smallest absolute Gasteiger partial charge is 0.251 e. The number of piperazine rings is 1. The maximum atomic E-state index is 10.5. The van der Waals surface area contributed by atoms with Gasteiger partial charge in [-0.15, -0.1) is 22.6 Å². The highest BCUT2D eigenvalue weighted by atomic mass is 35.5. The number of rotatable bonds is 8. The third-order valence-corrected chi connectivity index (χ3v) is 5.34. The molecule has 1 fully saturated rings. The van der Waals surface area contributed by atoms with Crippen LogP contribution < -0.4 is 14.4 Å². The van der Waals surface area contributed by atoms with E-state index >= 15 is 0 Å². The number of aromatic nitrogens is 2. The van der Waals surface area contributed by atoms with Crippen LogP contribution in [0.5, 0.6) is 11.5 Å². The quantitative estimate of drug-likeness (QED) is 0.549. The summed E-state index contributed by atoms with van der Waals surface area (Å²) < 4.78 is 16.9. The summed E-state index contributed by atoms with van der Waals surface area (Å²) in [5.74, 6) is 2.41. The number of nitrogens with zero attached hydrogens (tertiary/aromatic N) is 4. The van der Waals surface area contributed by atoms with E-state index in [-0.39, 0.29) is 19.0 Å². The number of aliphatic hydroxyl groups is 1. The summed E-state index contributed by atoms with van der Waals surface area (Å²) in [5.41, 5.74) is 1.84. The molecule has 1 atom stereocenters. The number of hydrogen-bond acceptors (Lipinski definition) is 8. The van der Waals surface area contributed by atoms with Crippen LogP contribution >= 0.6 is 12.4 Å². The van der Waals surface area contributed by atoms with Gasteiger partial charge in [-0.3, -0.25) is 4.90 Å². The molecule has 172 valence electrons. The summed E-state index contributed by atoms with van der Waals surface area (Å²) in [6, 6.07) is 15.5. The second kappa shape index (κ2) is 11.2. The first-order valence-corrected chi connectivity index (χ1v) is 10.4. The molecule has 2 heterocycles. The number of hydrogen-bond donors (Lipinski definition) is 1. The molecule has 3 aromatic rings. The van der Waals surface area contributed by atoms with Crippen LogP contribution in [-0.2, 0) is 0 Å². The fraction of sp³-hybridized carbons (Fsp3) is 0.391. The van der Waals surface area contributed by atoms with Crippen molar-refractivity contribution in [3.63, 3.8) is 0 Å². The monoisotopic (exact) mass is 460 g/mol. The van der Waals surface area contributed by atoms with E-state index in [1.54, 1.807) is 14.0 Å². The van der Waals surface area contributed by atoms with Crippen molar-refractivity contribution in [3.05, 3.63) is 54.4 Å². The molecule has 9 heteroatoms. The van der Waals surface area contributed by atoms with Crippen LogP contribution in [0.3, 0.4) is 0 Å². The molecule has 0 amide bonds. The zero-order valence-corrected chi connectivity index (χ0v) is 19.1. The summed E-state index contributed by atoms with van der Waals surface area (Å²) in [4.78, 5) is 4.58. The molecule has 0 radical (unpaired) electrons. The van der Waals surface area contributed by atoms with Crippen LogP contribution in [0.1, 0.15) is 5.89 Å². The van der Waals surface area contributed by atoms with Gasteiger partial charge in [0, 0.05) is 39.6 Å². The van der Waals surface area contributed by atoms with Gasteiger partial charge in [0.25, 0.3) is 5.89 Å². The van der Waals surface area contributed by atoms with Crippen molar-refractivity contribution in [1.29, 1.82) is 0 Å². The normalized spacial score (nSPS) is 15.2. The highest BCUT2D eigenvalue weighted by molar-refractivity contribution is 5.85. The molecule has 1 aliphatic rings. The standard InChI is InChI=1S/C23H28N4O4.ClH/c1-17-24-25-23(31-17)19-7-3-5-9-21(19)30-16-18(28)15-26-11-13-27(14-12-26)20-8-4-6-10-22(20)29-2;/h3-10,18,28H,11-16H2,1-2H3;1H. The Hall–Kier alpha value is -2.81. The van der Waals surface area contributed by atoms with Crippen molar-refractivity contribution >= 4 is 18.1 Å². The summed E-state index contributed by atoms with van der Waals surface area (Å²) in [5, 5.41) is 18.5. The lowest BCUT2D eigenvalue weighted by molar-refractivity contribution is 0.0664. The summed E-state index contributed by atoms with van der Waals surface area (Å²) >= 11 is 0. The van der Waals surface area contributed by atoms with Crippen molar-refractivity contribution in [1.82, 2.24) is 15.1 Å². The van der Waals surface area contributed by atoms with Crippen molar-refractivity contribution in [2.45, 2.75) is 13.0 Å². The predicted molar refractivity (Wildman–Crippen MR) is 125 cm³/mol. The van der Waals surface area contributed by atoms with Gasteiger partial charge in [-0.25, -0.2) is 0 Å². The first-order chi connectivity index (χ1) is 15.1. The molecule has 0 spiro atoms. The van der Waals surface area contributed by atoms with E-state index in [9.17, 15) is 5.11 Å². The molecule has 8 nitrogen and oxygen atoms in total. The zero-order valence-electron chi connectivity index (χ0n) is 18.3. The van der Waals surface area contributed by atoms with Crippen LogP contribution in [0.15, 0.2) is 52.9 Å². The number of aliphatic hydroxyl groups excluding tert-OH is 1. The third kappa shape index (κ3) is 5.70. The van der Waals surface area contributed by atoms with Gasteiger partial charge < -0.3 is 23.9 Å². The molecule has 1 unspecified atom stereocenters. The number of benzene rings is 2. The number of methoxy groups -OCH3 is 1. The van der Waals surface area contributed by atoms with Crippen molar-refractivity contribution in [2.75, 3.05) is 51.3 Å². The number of anilines is 1. The van der Waals surface area contributed by atoms with Gasteiger partial charge in [-0.2, -0.15) is 0 Å². The number of aryl methyl sites for hydroxylation is 1. The first kappa shape index (κ1) is 23.8. The Labute approximate surface area is 194 Å². The minimum Gasteiger partial charge on any atom is -0.495 e. The third-order valence-electron chi connectivity index (χ3n) is 5.34. The van der Waals surface area contributed by atoms with Gasteiger partial charge in [0.15, 0.2) is 0 Å². The van der Waals surface area contributed by atoms with Crippen LogP contribution in [-0.4, -0.2) is 72.7 Å². The Balaban J connectivity index is 0.00000289. The summed E-state index contributed by atoms with van der Waals surface area (Å²) in [6.07, 6.45) is -0.602. The van der Waals surface area contributed by atoms with E-state index in [1.807, 2.05) is 42.5 Å². The Morgan fingerprint density at radius 2 is 1.69 bits per heavy atom. The van der Waals surface area contributed by atoms with E-state index in [2.05, 4.69) is 26.1 Å². The molecule has 1 aromatic heterocycles. The maximum absolute atomic E-state index is 10.5. The van der Waals surface area contributed by atoms with E-state index < -0.39 is 6.10 Å². The molecule has 1 aliphatic heterocycles. The molecule has 0 bridgehead atoms. The second-order valence-electron chi connectivity index (χ2n) is 7.55. The van der Waals surface area contributed by atoms with Crippen LogP contribution in [0.4, 0.5) is 5.69 Å². The molecule has 0 aliphatic carbocycles. The molecule has 1 N–H and O–H groups in total. The van der Waals surface area contributed by atoms with Gasteiger partial charge in [0.2, 0.25) is 5.89 Å². The fourth-order valence-corrected chi connectivity index (χ4v) is 3.77. The van der Waals surface area contributed by atoms with Crippen LogP contribution in [0.2, 0.25) is 0 Å². The summed E-state index contributed by atoms with van der Waals surface area (Å²) in [7, 11) is 1.70. The Kier molecular flexibility index (Phi) is 8.33. The number of ether oxygens (including phenoxy) is 2. The minimum atomic E-state index is -0.602. The largest absolute Gasteiger partial charge is 0.495 e. The first-order valence-electron chi connectivity index (χ1n) is 10.4. The van der Waals surface area contributed by atoms with Gasteiger partial charge in [-0.1, -0.05) is 24.3 Å². The number of para-hydroxylation sites is 3. The predicted octanol–water partition coefficient (Wildman–Crippen LogP) is 3.04. The van der Waals surface area contributed by atoms with E-state index in [0.717, 1.165) is 43.2 Å². The highest BCUT2D eigenvalue weighted by Crippen LogP contribution is 2.29. The molecule has 1 saturated heterocycles. The molecule has 4 rings (SSSR count). The Morgan fingerprint density at radius 1 is 1.00 bits per heavy atom. The van der Waals surface area contributed by atoms with Gasteiger partial charge in [0.1, 0.15) is 24.2 Å². The lowest BCUT2D eigenvalue weighted by Crippen LogP contribution is -2.49. The van der Waals surface area contributed by atoms with E-state index in [1.165, 1.54) is 0 Å². The Morgan fingerprint density at radius 3 is 2.38 bits per heavy atom. The van der Waals surface area contributed by atoms with E-state index in [4.69, 9.17) is 13.9 Å². The topological polar surface area (TPSA) is 84.1 Å². The SMILES string of the molecule is COc1ccccc1N1CCN(CC(O)COc2ccccc2-c2nnc(C)o2)CC1.Cl. The van der Waals surface area contributed by atoms with Crippen molar-refractivity contribution < 1.29 is 19.0 Å². The van der Waals surface area contributed by atoms with Crippen LogP contribution in [0.25, 0.3) is 11.5 Å². The molecular weight excluding hydrogens is 432 g/mol.